The number of nitrogens with two attached hydrogens (primary N) is 1. The summed E-state index contributed by atoms with van der Waals surface area (Å²) in [7, 11) is 0. The van der Waals surface area contributed by atoms with Gasteiger partial charge in [0.05, 0.1) is 5.70 Å². The summed E-state index contributed by atoms with van der Waals surface area (Å²) in [5.41, 5.74) is 4.72. The fraction of sp³-hybridized carbons (Fsp3) is 0.667. The molecular weight excluding hydrogens is 134 g/mol. The Morgan fingerprint density at radius 3 is 2.30 bits per heavy atom. The molecular formula is C6H13NO3. The van der Waals surface area contributed by atoms with Crippen LogP contribution in [0.25, 0.3) is 0 Å². The molecule has 4 nitrogen and oxygen atoms in total. The van der Waals surface area contributed by atoms with Crippen molar-refractivity contribution in [3.05, 3.63) is 11.8 Å². The first-order valence-corrected chi connectivity index (χ1v) is 3.11. The first-order chi connectivity index (χ1) is 4.48. The van der Waals surface area contributed by atoms with Gasteiger partial charge in [0.1, 0.15) is 0 Å². The van der Waals surface area contributed by atoms with Gasteiger partial charge in [-0.15, -0.1) is 0 Å². The number of rotatable bonds is 3. The highest BCUT2D eigenvalue weighted by atomic mass is 16.7. The summed E-state index contributed by atoms with van der Waals surface area (Å²) in [6.07, 6.45) is 2.84. The molecule has 5 N–H and O–H groups in total. The van der Waals surface area contributed by atoms with Gasteiger partial charge < -0.3 is 21.1 Å². The van der Waals surface area contributed by atoms with E-state index in [1.807, 2.05) is 6.92 Å². The number of hydrogen-bond acceptors (Lipinski definition) is 4. The van der Waals surface area contributed by atoms with Crippen LogP contribution in [-0.4, -0.2) is 21.3 Å². The molecule has 0 aliphatic heterocycles. The van der Waals surface area contributed by atoms with E-state index in [4.69, 9.17) is 21.1 Å². The summed E-state index contributed by atoms with van der Waals surface area (Å²) < 4.78 is 0. The van der Waals surface area contributed by atoms with E-state index in [1.54, 1.807) is 0 Å². The quantitative estimate of drug-likeness (QED) is 0.396. The van der Waals surface area contributed by atoms with E-state index in [0.29, 0.717) is 6.42 Å². The maximum absolute atomic E-state index is 8.43. The minimum Gasteiger partial charge on any atom is -0.396 e. The first-order valence-electron chi connectivity index (χ1n) is 3.11. The molecule has 0 aromatic carbocycles. The lowest BCUT2D eigenvalue weighted by Gasteiger charge is -2.13. The molecule has 0 aromatic heterocycles. The van der Waals surface area contributed by atoms with Gasteiger partial charge in [0.2, 0.25) is 0 Å². The number of aliphatic hydroxyl groups is 3. The summed E-state index contributed by atoms with van der Waals surface area (Å²) in [5, 5.41) is 25.3. The van der Waals surface area contributed by atoms with Crippen LogP contribution in [0.5, 0.6) is 0 Å². The van der Waals surface area contributed by atoms with Crippen LogP contribution < -0.4 is 5.73 Å². The van der Waals surface area contributed by atoms with Gasteiger partial charge in [-0.25, -0.2) is 0 Å². The van der Waals surface area contributed by atoms with E-state index in [9.17, 15) is 0 Å². The first kappa shape index (κ1) is 9.42. The van der Waals surface area contributed by atoms with Crippen molar-refractivity contribution in [2.45, 2.75) is 25.7 Å². The zero-order chi connectivity index (χ0) is 8.20. The Hall–Kier alpha value is -0.580. The Labute approximate surface area is 59.6 Å². The molecule has 10 heavy (non-hydrogen) atoms. The zero-order valence-corrected chi connectivity index (χ0v) is 5.91. The zero-order valence-electron chi connectivity index (χ0n) is 5.91. The van der Waals surface area contributed by atoms with Crippen LogP contribution in [0.15, 0.2) is 11.8 Å². The SMILES string of the molecule is CCCC=C(N)C(O)(O)O. The van der Waals surface area contributed by atoms with E-state index in [2.05, 4.69) is 0 Å². The second kappa shape index (κ2) is 3.55. The van der Waals surface area contributed by atoms with Crippen LogP contribution >= 0.6 is 0 Å². The lowest BCUT2D eigenvalue weighted by molar-refractivity contribution is -0.282. The standard InChI is InChI=1S/C6H13NO3/c1-2-3-4-5(7)6(8,9)10/h4,8-10H,2-3,7H2,1H3. The largest absolute Gasteiger partial charge is 0.396 e. The summed E-state index contributed by atoms with van der Waals surface area (Å²) in [4.78, 5) is 0. The Morgan fingerprint density at radius 2 is 2.00 bits per heavy atom. The van der Waals surface area contributed by atoms with Crippen molar-refractivity contribution in [1.29, 1.82) is 0 Å². The summed E-state index contributed by atoms with van der Waals surface area (Å²) >= 11 is 0. The Bertz CT molecular complexity index is 125. The molecule has 0 saturated heterocycles. The molecule has 0 saturated carbocycles. The monoisotopic (exact) mass is 147 g/mol. The average Bonchev–Trinajstić information content (AvgIpc) is 1.80. The van der Waals surface area contributed by atoms with E-state index < -0.39 is 5.97 Å². The molecule has 0 radical (unpaired) electrons. The van der Waals surface area contributed by atoms with Gasteiger partial charge in [-0.05, 0) is 6.42 Å². The molecule has 0 aliphatic rings. The van der Waals surface area contributed by atoms with E-state index in [-0.39, 0.29) is 5.70 Å². The topological polar surface area (TPSA) is 86.7 Å². The van der Waals surface area contributed by atoms with Crippen molar-refractivity contribution in [1.82, 2.24) is 0 Å². The van der Waals surface area contributed by atoms with Crippen molar-refractivity contribution in [2.75, 3.05) is 0 Å². The lowest BCUT2D eigenvalue weighted by Crippen LogP contribution is -2.34. The maximum Gasteiger partial charge on any atom is 0.319 e. The molecule has 4 heteroatoms. The normalized spacial score (nSPS) is 13.8. The van der Waals surface area contributed by atoms with Crippen LogP contribution in [-0.2, 0) is 0 Å². The van der Waals surface area contributed by atoms with Crippen LogP contribution in [0, 0.1) is 0 Å². The number of allylic oxidation sites excluding steroid dienone is 1. The molecule has 0 bridgehead atoms. The fourth-order valence-electron chi connectivity index (χ4n) is 0.437. The molecule has 60 valence electrons. The van der Waals surface area contributed by atoms with E-state index in [1.165, 1.54) is 6.08 Å². The molecule has 0 rings (SSSR count). The number of hydrogen-bond donors (Lipinski definition) is 4. The molecule has 0 aliphatic carbocycles. The summed E-state index contributed by atoms with van der Waals surface area (Å²) in [6, 6.07) is 0. The second-order valence-electron chi connectivity index (χ2n) is 2.08. The highest BCUT2D eigenvalue weighted by Crippen LogP contribution is 2.04. The third-order valence-electron chi connectivity index (χ3n) is 1.04. The van der Waals surface area contributed by atoms with E-state index in [0.717, 1.165) is 6.42 Å². The van der Waals surface area contributed by atoms with Crippen molar-refractivity contribution in [3.63, 3.8) is 0 Å². The Morgan fingerprint density at radius 1 is 1.50 bits per heavy atom. The second-order valence-corrected chi connectivity index (χ2v) is 2.08. The lowest BCUT2D eigenvalue weighted by atomic mass is 10.2. The Kier molecular flexibility index (Phi) is 3.35. The average molecular weight is 147 g/mol. The third-order valence-corrected chi connectivity index (χ3v) is 1.04. The van der Waals surface area contributed by atoms with Crippen molar-refractivity contribution >= 4 is 0 Å². The highest BCUT2D eigenvalue weighted by Gasteiger charge is 2.21. The minimum absolute atomic E-state index is 0.325. The summed E-state index contributed by atoms with van der Waals surface area (Å²) in [5.74, 6) is -2.85. The maximum atomic E-state index is 8.43. The molecule has 0 fully saturated rings. The predicted octanol–water partition coefficient (Wildman–Crippen LogP) is -0.740. The van der Waals surface area contributed by atoms with Crippen LogP contribution in [0.1, 0.15) is 19.8 Å². The van der Waals surface area contributed by atoms with Gasteiger partial charge in [0.25, 0.3) is 0 Å². The molecule has 0 amide bonds. The molecule has 0 aromatic rings. The fourth-order valence-corrected chi connectivity index (χ4v) is 0.437. The smallest absolute Gasteiger partial charge is 0.319 e. The van der Waals surface area contributed by atoms with Gasteiger partial charge in [-0.3, -0.25) is 0 Å². The summed E-state index contributed by atoms with van der Waals surface area (Å²) in [6.45, 7) is 1.91. The molecule has 0 atom stereocenters. The van der Waals surface area contributed by atoms with Crippen molar-refractivity contribution in [3.8, 4) is 0 Å². The van der Waals surface area contributed by atoms with Crippen molar-refractivity contribution < 1.29 is 15.3 Å². The third kappa shape index (κ3) is 3.45. The molecule has 0 spiro atoms. The molecule has 0 heterocycles. The van der Waals surface area contributed by atoms with Crippen LogP contribution in [0.3, 0.4) is 0 Å². The molecule has 0 unspecified atom stereocenters. The van der Waals surface area contributed by atoms with Crippen molar-refractivity contribution in [2.24, 2.45) is 5.73 Å². The van der Waals surface area contributed by atoms with Gasteiger partial charge in [0, 0.05) is 0 Å². The van der Waals surface area contributed by atoms with Gasteiger partial charge in [-0.1, -0.05) is 19.4 Å². The van der Waals surface area contributed by atoms with Crippen LogP contribution in [0.2, 0.25) is 0 Å². The number of unbranched alkanes of at least 4 members (excludes halogenated alkanes) is 1. The minimum atomic E-state index is -2.85. The Balaban J connectivity index is 3.93. The van der Waals surface area contributed by atoms with Gasteiger partial charge in [0.15, 0.2) is 0 Å². The van der Waals surface area contributed by atoms with E-state index >= 15 is 0 Å². The van der Waals surface area contributed by atoms with Gasteiger partial charge >= 0.3 is 5.97 Å². The highest BCUT2D eigenvalue weighted by molar-refractivity contribution is 5.02. The van der Waals surface area contributed by atoms with Crippen LogP contribution in [0.4, 0.5) is 0 Å². The van der Waals surface area contributed by atoms with Gasteiger partial charge in [-0.2, -0.15) is 0 Å². The predicted molar refractivity (Wildman–Crippen MR) is 36.6 cm³/mol.